The number of carbonyl (C=O) groups excluding carboxylic acids is 1. The number of benzene rings is 2. The Bertz CT molecular complexity index is 801. The number of halogens is 1. The van der Waals surface area contributed by atoms with Crippen molar-refractivity contribution in [2.45, 2.75) is 18.9 Å². The number of rotatable bonds is 5. The molecule has 1 N–H and O–H groups in total. The van der Waals surface area contributed by atoms with Gasteiger partial charge in [-0.2, -0.15) is 0 Å². The van der Waals surface area contributed by atoms with Crippen LogP contribution in [-0.2, 0) is 0 Å². The summed E-state index contributed by atoms with van der Waals surface area (Å²) in [6.45, 7) is 1.20. The SMILES string of the molecule is CNC1CCCN(C(=O)c2cc([N+](=O)[O-])ccc2Oc2ccccc2)C1.Cl. The van der Waals surface area contributed by atoms with E-state index in [9.17, 15) is 14.9 Å². The van der Waals surface area contributed by atoms with Crippen LogP contribution in [0.2, 0.25) is 0 Å². The van der Waals surface area contributed by atoms with Crippen LogP contribution in [-0.4, -0.2) is 41.9 Å². The van der Waals surface area contributed by atoms with E-state index in [1.165, 1.54) is 18.2 Å². The lowest BCUT2D eigenvalue weighted by Crippen LogP contribution is -2.47. The summed E-state index contributed by atoms with van der Waals surface area (Å²) in [4.78, 5) is 25.4. The van der Waals surface area contributed by atoms with Gasteiger partial charge in [-0.1, -0.05) is 18.2 Å². The number of hydrogen-bond acceptors (Lipinski definition) is 5. The number of nitrogens with zero attached hydrogens (tertiary/aromatic N) is 2. The van der Waals surface area contributed by atoms with Crippen LogP contribution in [0, 0.1) is 10.1 Å². The molecule has 1 amide bonds. The van der Waals surface area contributed by atoms with E-state index in [2.05, 4.69) is 5.32 Å². The molecule has 2 aromatic carbocycles. The molecule has 0 spiro atoms. The summed E-state index contributed by atoms with van der Waals surface area (Å²) >= 11 is 0. The van der Waals surface area contributed by atoms with Gasteiger partial charge in [-0.05, 0) is 38.1 Å². The third-order valence-corrected chi connectivity index (χ3v) is 4.49. The maximum Gasteiger partial charge on any atom is 0.270 e. The fraction of sp³-hybridized carbons (Fsp3) is 0.316. The second-order valence-electron chi connectivity index (χ2n) is 6.23. The Morgan fingerprint density at radius 3 is 2.67 bits per heavy atom. The van der Waals surface area contributed by atoms with Gasteiger partial charge < -0.3 is 15.0 Å². The fourth-order valence-electron chi connectivity index (χ4n) is 3.07. The molecule has 0 aliphatic carbocycles. The highest BCUT2D eigenvalue weighted by molar-refractivity contribution is 5.97. The highest BCUT2D eigenvalue weighted by Gasteiger charge is 2.27. The maximum absolute atomic E-state index is 13.0. The molecule has 0 saturated carbocycles. The van der Waals surface area contributed by atoms with Gasteiger partial charge in [0.2, 0.25) is 0 Å². The summed E-state index contributed by atoms with van der Waals surface area (Å²) in [5, 5.41) is 14.3. The van der Waals surface area contributed by atoms with E-state index in [-0.39, 0.29) is 35.6 Å². The zero-order valence-corrected chi connectivity index (χ0v) is 15.8. The summed E-state index contributed by atoms with van der Waals surface area (Å²) in [6, 6.07) is 13.4. The number of piperidine rings is 1. The fourth-order valence-corrected chi connectivity index (χ4v) is 3.07. The first kappa shape index (κ1) is 20.7. The van der Waals surface area contributed by atoms with E-state index in [0.29, 0.717) is 24.6 Å². The van der Waals surface area contributed by atoms with Gasteiger partial charge in [0.25, 0.3) is 11.6 Å². The van der Waals surface area contributed by atoms with Crippen LogP contribution in [0.25, 0.3) is 0 Å². The summed E-state index contributed by atoms with van der Waals surface area (Å²) in [5.74, 6) is 0.639. The van der Waals surface area contributed by atoms with Crippen molar-refractivity contribution in [1.29, 1.82) is 0 Å². The van der Waals surface area contributed by atoms with E-state index in [4.69, 9.17) is 4.74 Å². The molecule has 0 aromatic heterocycles. The van der Waals surface area contributed by atoms with Crippen molar-refractivity contribution in [3.8, 4) is 11.5 Å². The van der Waals surface area contributed by atoms with Crippen LogP contribution < -0.4 is 10.1 Å². The Hall–Kier alpha value is -2.64. The van der Waals surface area contributed by atoms with Crippen molar-refractivity contribution in [3.05, 3.63) is 64.2 Å². The van der Waals surface area contributed by atoms with Gasteiger partial charge in [-0.25, -0.2) is 0 Å². The number of non-ortho nitro benzene ring substituents is 1. The van der Waals surface area contributed by atoms with Crippen LogP contribution in [0.15, 0.2) is 48.5 Å². The zero-order chi connectivity index (χ0) is 18.5. The van der Waals surface area contributed by atoms with E-state index < -0.39 is 4.92 Å². The minimum atomic E-state index is -0.504. The predicted octanol–water partition coefficient (Wildman–Crippen LogP) is 3.63. The number of amides is 1. The van der Waals surface area contributed by atoms with Crippen LogP contribution in [0.1, 0.15) is 23.2 Å². The number of likely N-dealkylation sites (tertiary alicyclic amines) is 1. The molecule has 144 valence electrons. The molecule has 2 aromatic rings. The van der Waals surface area contributed by atoms with Crippen LogP contribution >= 0.6 is 12.4 Å². The second-order valence-corrected chi connectivity index (χ2v) is 6.23. The lowest BCUT2D eigenvalue weighted by molar-refractivity contribution is -0.384. The van der Waals surface area contributed by atoms with Gasteiger partial charge >= 0.3 is 0 Å². The molecule has 1 aliphatic heterocycles. The zero-order valence-electron chi connectivity index (χ0n) is 15.0. The molecular weight excluding hydrogens is 370 g/mol. The predicted molar refractivity (Wildman–Crippen MR) is 105 cm³/mol. The first-order chi connectivity index (χ1) is 12.6. The van der Waals surface area contributed by atoms with Gasteiger partial charge in [0.1, 0.15) is 11.5 Å². The lowest BCUT2D eigenvalue weighted by Gasteiger charge is -2.32. The molecule has 1 fully saturated rings. The van der Waals surface area contributed by atoms with Gasteiger partial charge in [0.15, 0.2) is 0 Å². The molecular formula is C19H22ClN3O4. The molecule has 1 saturated heterocycles. The lowest BCUT2D eigenvalue weighted by atomic mass is 10.0. The number of nitro groups is 1. The highest BCUT2D eigenvalue weighted by atomic mass is 35.5. The monoisotopic (exact) mass is 391 g/mol. The first-order valence-corrected chi connectivity index (χ1v) is 8.56. The molecule has 1 atom stereocenters. The summed E-state index contributed by atoms with van der Waals surface area (Å²) < 4.78 is 5.82. The van der Waals surface area contributed by atoms with Crippen molar-refractivity contribution in [3.63, 3.8) is 0 Å². The number of carbonyl (C=O) groups is 1. The summed E-state index contributed by atoms with van der Waals surface area (Å²) in [7, 11) is 1.87. The van der Waals surface area contributed by atoms with Gasteiger partial charge in [0.05, 0.1) is 10.5 Å². The summed E-state index contributed by atoms with van der Waals surface area (Å²) in [5.41, 5.74) is 0.0794. The average molecular weight is 392 g/mol. The van der Waals surface area contributed by atoms with E-state index in [0.717, 1.165) is 12.8 Å². The van der Waals surface area contributed by atoms with Gasteiger partial charge in [-0.15, -0.1) is 12.4 Å². The molecule has 27 heavy (non-hydrogen) atoms. The standard InChI is InChI=1S/C19H21N3O4.ClH/c1-20-14-6-5-11-21(13-14)19(23)17-12-15(22(24)25)9-10-18(17)26-16-7-3-2-4-8-16;/h2-4,7-10,12,14,20H,5-6,11,13H2,1H3;1H. The van der Waals surface area contributed by atoms with E-state index >= 15 is 0 Å². The number of nitro benzene ring substituents is 1. The van der Waals surface area contributed by atoms with Crippen molar-refractivity contribution in [2.75, 3.05) is 20.1 Å². The topological polar surface area (TPSA) is 84.7 Å². The number of hydrogen-bond donors (Lipinski definition) is 1. The van der Waals surface area contributed by atoms with Crippen LogP contribution in [0.5, 0.6) is 11.5 Å². The van der Waals surface area contributed by atoms with Gasteiger partial charge in [-0.3, -0.25) is 14.9 Å². The van der Waals surface area contributed by atoms with Crippen molar-refractivity contribution in [1.82, 2.24) is 10.2 Å². The molecule has 1 heterocycles. The Balaban J connectivity index is 0.00000261. The molecule has 8 heteroatoms. The molecule has 0 bridgehead atoms. The highest BCUT2D eigenvalue weighted by Crippen LogP contribution is 2.30. The first-order valence-electron chi connectivity index (χ1n) is 8.56. The van der Waals surface area contributed by atoms with E-state index in [1.807, 2.05) is 25.2 Å². The summed E-state index contributed by atoms with van der Waals surface area (Å²) in [6.07, 6.45) is 1.89. The number of para-hydroxylation sites is 1. The molecule has 0 radical (unpaired) electrons. The Labute approximate surface area is 163 Å². The van der Waals surface area contributed by atoms with Crippen LogP contribution in [0.4, 0.5) is 5.69 Å². The molecule has 3 rings (SSSR count). The maximum atomic E-state index is 13.0. The molecule has 7 nitrogen and oxygen atoms in total. The van der Waals surface area contributed by atoms with E-state index in [1.54, 1.807) is 17.0 Å². The Morgan fingerprint density at radius 2 is 2.00 bits per heavy atom. The minimum absolute atomic E-state index is 0. The Kier molecular flexibility index (Phi) is 7.15. The molecule has 1 unspecified atom stereocenters. The largest absolute Gasteiger partial charge is 0.457 e. The number of likely N-dealkylation sites (N-methyl/N-ethyl adjacent to an activating group) is 1. The Morgan fingerprint density at radius 1 is 1.26 bits per heavy atom. The normalized spacial score (nSPS) is 16.3. The van der Waals surface area contributed by atoms with Crippen molar-refractivity contribution >= 4 is 24.0 Å². The average Bonchev–Trinajstić information content (AvgIpc) is 2.68. The number of ether oxygens (including phenoxy) is 1. The smallest absolute Gasteiger partial charge is 0.270 e. The van der Waals surface area contributed by atoms with Crippen molar-refractivity contribution < 1.29 is 14.5 Å². The minimum Gasteiger partial charge on any atom is -0.457 e. The molecule has 1 aliphatic rings. The third-order valence-electron chi connectivity index (χ3n) is 4.49. The van der Waals surface area contributed by atoms with Crippen LogP contribution in [0.3, 0.4) is 0 Å². The third kappa shape index (κ3) is 4.96. The second kappa shape index (κ2) is 9.34. The quantitative estimate of drug-likeness (QED) is 0.621. The number of nitrogens with one attached hydrogen (secondary N) is 1. The van der Waals surface area contributed by atoms with Crippen molar-refractivity contribution in [2.24, 2.45) is 0 Å². The van der Waals surface area contributed by atoms with Gasteiger partial charge in [0, 0.05) is 31.3 Å².